The molecule has 2 aromatic carbocycles. The van der Waals surface area contributed by atoms with Gasteiger partial charge in [0.2, 0.25) is 0 Å². The van der Waals surface area contributed by atoms with Crippen molar-refractivity contribution in [2.45, 2.75) is 51.0 Å². The third-order valence-electron chi connectivity index (χ3n) is 6.22. The van der Waals surface area contributed by atoms with Crippen LogP contribution in [-0.2, 0) is 27.7 Å². The Balaban J connectivity index is 1.37. The van der Waals surface area contributed by atoms with Gasteiger partial charge in [0.1, 0.15) is 17.7 Å². The highest BCUT2D eigenvalue weighted by Gasteiger charge is 2.34. The van der Waals surface area contributed by atoms with E-state index in [0.717, 1.165) is 22.2 Å². The van der Waals surface area contributed by atoms with Crippen LogP contribution in [0.3, 0.4) is 0 Å². The van der Waals surface area contributed by atoms with Gasteiger partial charge in [-0.05, 0) is 49.6 Å². The molecule has 1 fully saturated rings. The third kappa shape index (κ3) is 5.85. The number of nitrogens with one attached hydrogen (secondary N) is 2. The molecule has 0 aliphatic carbocycles. The van der Waals surface area contributed by atoms with Crippen LogP contribution in [0.15, 0.2) is 51.7 Å². The van der Waals surface area contributed by atoms with E-state index in [1.807, 2.05) is 57.2 Å². The van der Waals surface area contributed by atoms with Crippen molar-refractivity contribution in [3.05, 3.63) is 58.6 Å². The molecule has 1 aliphatic heterocycles. The summed E-state index contributed by atoms with van der Waals surface area (Å²) in [6, 6.07) is 14.9. The van der Waals surface area contributed by atoms with Crippen LogP contribution < -0.4 is 16.4 Å². The molecule has 0 unspecified atom stereocenters. The first-order chi connectivity index (χ1) is 17.2. The van der Waals surface area contributed by atoms with Gasteiger partial charge in [0.05, 0.1) is 24.3 Å². The summed E-state index contributed by atoms with van der Waals surface area (Å²) >= 11 is 0. The van der Waals surface area contributed by atoms with Crippen LogP contribution in [0.5, 0.6) is 0 Å². The fourth-order valence-corrected chi connectivity index (χ4v) is 4.44. The zero-order valence-corrected chi connectivity index (χ0v) is 21.0. The number of nitrogens with zero attached hydrogens (tertiary/aromatic N) is 2. The minimum absolute atomic E-state index is 0.0439. The van der Waals surface area contributed by atoms with Crippen molar-refractivity contribution in [2.75, 3.05) is 19.7 Å². The predicted octanol–water partition coefficient (Wildman–Crippen LogP) is 2.52. The number of carbonyl (C=O) groups is 1. The molecule has 0 spiro atoms. The first-order valence-electron chi connectivity index (χ1n) is 12.1. The maximum Gasteiger partial charge on any atom is 0.419 e. The molecule has 2 N–H and O–H groups in total. The van der Waals surface area contributed by atoms with Crippen molar-refractivity contribution in [1.82, 2.24) is 15.2 Å². The van der Waals surface area contributed by atoms with Gasteiger partial charge in [0.25, 0.3) is 5.91 Å². The summed E-state index contributed by atoms with van der Waals surface area (Å²) in [4.78, 5) is 24.6. The molecule has 0 saturated carbocycles. The fraction of sp³-hybridized carbons (Fsp3) is 0.444. The number of nitriles is 1. The lowest BCUT2D eigenvalue weighted by Crippen LogP contribution is -2.46. The van der Waals surface area contributed by atoms with Crippen LogP contribution in [0.25, 0.3) is 22.2 Å². The molecule has 1 aliphatic rings. The summed E-state index contributed by atoms with van der Waals surface area (Å²) in [6.45, 7) is 7.09. The Hall–Kier alpha value is -3.45. The molecule has 1 amide bonds. The molecule has 2 heterocycles. The second kappa shape index (κ2) is 10.7. The number of ether oxygens (including phenoxy) is 2. The Labute approximate surface area is 210 Å². The topological polar surface area (TPSA) is 119 Å². The van der Waals surface area contributed by atoms with Gasteiger partial charge in [0.15, 0.2) is 5.58 Å². The molecule has 0 radical (unpaired) electrons. The number of aromatic nitrogens is 1. The first kappa shape index (κ1) is 25.6. The van der Waals surface area contributed by atoms with E-state index < -0.39 is 23.5 Å². The summed E-state index contributed by atoms with van der Waals surface area (Å²) in [6.07, 6.45) is -0.288. The number of carbonyl (C=O) groups excluding carboxylic acids is 1. The monoisotopic (exact) mass is 492 g/mol. The van der Waals surface area contributed by atoms with Crippen molar-refractivity contribution in [3.8, 4) is 17.2 Å². The number of benzene rings is 2. The summed E-state index contributed by atoms with van der Waals surface area (Å²) in [5.41, 5.74) is 3.58. The number of amides is 1. The molecule has 9 nitrogen and oxygen atoms in total. The van der Waals surface area contributed by atoms with Crippen molar-refractivity contribution in [1.29, 1.82) is 5.26 Å². The Kier molecular flexibility index (Phi) is 7.59. The number of fused-ring (bicyclic) bond motifs is 1. The second-order valence-corrected chi connectivity index (χ2v) is 9.75. The highest BCUT2D eigenvalue weighted by molar-refractivity contribution is 5.82. The Morgan fingerprint density at radius 2 is 2.00 bits per heavy atom. The molecule has 0 bridgehead atoms. The fourth-order valence-electron chi connectivity index (χ4n) is 4.44. The van der Waals surface area contributed by atoms with Crippen LogP contribution in [0.2, 0.25) is 0 Å². The van der Waals surface area contributed by atoms with Gasteiger partial charge in [-0.15, -0.1) is 0 Å². The van der Waals surface area contributed by atoms with E-state index in [1.54, 1.807) is 13.1 Å². The highest BCUT2D eigenvalue weighted by Crippen LogP contribution is 2.24. The number of hydrogen-bond acceptors (Lipinski definition) is 7. The van der Waals surface area contributed by atoms with Gasteiger partial charge in [-0.25, -0.2) is 4.79 Å². The van der Waals surface area contributed by atoms with Crippen molar-refractivity contribution in [2.24, 2.45) is 7.05 Å². The van der Waals surface area contributed by atoms with Gasteiger partial charge in [-0.1, -0.05) is 30.3 Å². The van der Waals surface area contributed by atoms with E-state index in [2.05, 4.69) is 16.7 Å². The van der Waals surface area contributed by atoms with Crippen LogP contribution in [0, 0.1) is 11.3 Å². The van der Waals surface area contributed by atoms with E-state index in [-0.39, 0.29) is 18.6 Å². The summed E-state index contributed by atoms with van der Waals surface area (Å²) in [5.74, 6) is -0.719. The average Bonchev–Trinajstić information content (AvgIpc) is 2.99. The van der Waals surface area contributed by atoms with Crippen molar-refractivity contribution < 1.29 is 18.7 Å². The molecular formula is C27H32N4O5. The maximum atomic E-state index is 12.8. The van der Waals surface area contributed by atoms with Gasteiger partial charge >= 0.3 is 5.76 Å². The lowest BCUT2D eigenvalue weighted by molar-refractivity contribution is -0.140. The first-order valence-corrected chi connectivity index (χ1v) is 12.1. The summed E-state index contributed by atoms with van der Waals surface area (Å²) in [5, 5.41) is 15.7. The molecule has 190 valence electrons. The number of rotatable bonds is 7. The van der Waals surface area contributed by atoms with Crippen LogP contribution in [0.1, 0.15) is 26.3 Å². The summed E-state index contributed by atoms with van der Waals surface area (Å²) in [7, 11) is 1.67. The van der Waals surface area contributed by atoms with Gasteiger partial charge in [0, 0.05) is 26.6 Å². The van der Waals surface area contributed by atoms with Crippen molar-refractivity contribution >= 4 is 17.0 Å². The lowest BCUT2D eigenvalue weighted by atomic mass is 10.0. The Morgan fingerprint density at radius 1 is 1.28 bits per heavy atom. The van der Waals surface area contributed by atoms with E-state index >= 15 is 0 Å². The lowest BCUT2D eigenvalue weighted by Gasteiger charge is -2.30. The van der Waals surface area contributed by atoms with E-state index in [4.69, 9.17) is 13.9 Å². The van der Waals surface area contributed by atoms with Gasteiger partial charge in [-0.3, -0.25) is 9.36 Å². The molecule has 9 heteroatoms. The molecule has 3 atom stereocenters. The smallest absolute Gasteiger partial charge is 0.408 e. The zero-order valence-electron chi connectivity index (χ0n) is 21.0. The molecular weight excluding hydrogens is 460 g/mol. The number of aryl methyl sites for hydroxylation is 1. The highest BCUT2D eigenvalue weighted by atomic mass is 16.6. The molecule has 4 rings (SSSR count). The van der Waals surface area contributed by atoms with Gasteiger partial charge < -0.3 is 24.5 Å². The average molecular weight is 493 g/mol. The molecule has 3 aromatic rings. The largest absolute Gasteiger partial charge is 0.419 e. The summed E-state index contributed by atoms with van der Waals surface area (Å²) < 4.78 is 18.5. The normalized spacial score (nSPS) is 21.2. The Bertz CT molecular complexity index is 1320. The van der Waals surface area contributed by atoms with Crippen LogP contribution in [-0.4, -0.2) is 54.0 Å². The van der Waals surface area contributed by atoms with Gasteiger partial charge in [-0.2, -0.15) is 5.26 Å². The van der Waals surface area contributed by atoms with E-state index in [1.165, 1.54) is 4.57 Å². The van der Waals surface area contributed by atoms with E-state index in [0.29, 0.717) is 25.1 Å². The number of hydrogen-bond donors (Lipinski definition) is 2. The molecule has 1 aromatic heterocycles. The minimum atomic E-state index is -0.699. The number of oxazole rings is 1. The zero-order chi connectivity index (χ0) is 25.9. The minimum Gasteiger partial charge on any atom is -0.408 e. The Morgan fingerprint density at radius 3 is 2.69 bits per heavy atom. The van der Waals surface area contributed by atoms with E-state index in [9.17, 15) is 14.9 Å². The SMILES string of the molecule is CC(C)O[C@]1(C)CNC[C@@H](C(=O)N[C@H](C#N)Cc2ccc(-c3ccc4oc(=O)n(C)c4c3)cc2)OC1. The van der Waals surface area contributed by atoms with Crippen LogP contribution in [0.4, 0.5) is 0 Å². The third-order valence-corrected chi connectivity index (χ3v) is 6.22. The second-order valence-electron chi connectivity index (χ2n) is 9.75. The van der Waals surface area contributed by atoms with Crippen LogP contribution >= 0.6 is 0 Å². The molecule has 36 heavy (non-hydrogen) atoms. The quantitative estimate of drug-likeness (QED) is 0.520. The van der Waals surface area contributed by atoms with Crippen molar-refractivity contribution in [3.63, 3.8) is 0 Å². The standard InChI is InChI=1S/C27H32N4O5/c1-17(2)36-27(3)15-29-14-24(34-16-27)25(32)30-21(13-28)11-18-5-7-19(8-6-18)20-9-10-23-22(12-20)31(4)26(33)35-23/h5-10,12,17,21,24,29H,11,14-16H2,1-4H3,(H,30,32)/t21-,24-,27+/m0/s1. The predicted molar refractivity (Wildman–Crippen MR) is 135 cm³/mol. The maximum absolute atomic E-state index is 12.8. The molecule has 1 saturated heterocycles.